The van der Waals surface area contributed by atoms with Gasteiger partial charge in [-0.15, -0.1) is 11.3 Å². The number of aromatic nitrogens is 5. The monoisotopic (exact) mass is 370 g/mol. The summed E-state index contributed by atoms with van der Waals surface area (Å²) >= 11 is 1.18. The number of amides is 1. The number of hydrogen-bond donors (Lipinski definition) is 2. The minimum atomic E-state index is -0.342. The summed E-state index contributed by atoms with van der Waals surface area (Å²) in [6.07, 6.45) is 9.15. The van der Waals surface area contributed by atoms with Crippen LogP contribution in [0.15, 0.2) is 49.4 Å². The van der Waals surface area contributed by atoms with E-state index in [1.807, 2.05) is 10.8 Å². The smallest absolute Gasteiger partial charge is 0.280 e. The highest BCUT2D eigenvalue weighted by molar-refractivity contribution is 7.20. The van der Waals surface area contributed by atoms with Crippen molar-refractivity contribution in [2.24, 2.45) is 0 Å². The molecule has 1 atom stereocenters. The number of nitrogens with zero attached hydrogens (tertiary/aromatic N) is 4. The number of benzene rings is 1. The summed E-state index contributed by atoms with van der Waals surface area (Å²) in [6, 6.07) is 4.12. The van der Waals surface area contributed by atoms with Crippen molar-refractivity contribution in [2.75, 3.05) is 0 Å². The first-order valence-corrected chi connectivity index (χ1v) is 8.79. The maximum Gasteiger partial charge on any atom is 0.280 e. The number of carbonyl (C=O) groups excluding carboxylic acids is 1. The number of rotatable bonds is 6. The SMILES string of the molecule is O=C(NC(Cc1cnc[nH]1)Cn1ccnc1)c1nc2ccc(F)cc2s1. The second-order valence-corrected chi connectivity index (χ2v) is 6.87. The lowest BCUT2D eigenvalue weighted by Gasteiger charge is -2.18. The summed E-state index contributed by atoms with van der Waals surface area (Å²) in [5, 5.41) is 3.32. The third kappa shape index (κ3) is 3.62. The molecule has 0 saturated carbocycles. The Bertz CT molecular complexity index is 975. The van der Waals surface area contributed by atoms with E-state index >= 15 is 0 Å². The molecule has 0 radical (unpaired) electrons. The Morgan fingerprint density at radius 2 is 2.31 bits per heavy atom. The molecule has 0 aliphatic heterocycles. The molecule has 0 fully saturated rings. The maximum absolute atomic E-state index is 13.3. The zero-order valence-corrected chi connectivity index (χ0v) is 14.4. The maximum atomic E-state index is 13.3. The summed E-state index contributed by atoms with van der Waals surface area (Å²) in [5.41, 5.74) is 1.53. The molecule has 7 nitrogen and oxygen atoms in total. The second kappa shape index (κ2) is 7.04. The Kier molecular flexibility index (Phi) is 4.44. The lowest BCUT2D eigenvalue weighted by Crippen LogP contribution is -2.39. The lowest BCUT2D eigenvalue weighted by atomic mass is 10.1. The fourth-order valence-corrected chi connectivity index (χ4v) is 3.61. The van der Waals surface area contributed by atoms with Crippen LogP contribution in [-0.2, 0) is 13.0 Å². The van der Waals surface area contributed by atoms with E-state index in [-0.39, 0.29) is 17.8 Å². The van der Waals surface area contributed by atoms with Gasteiger partial charge in [-0.1, -0.05) is 0 Å². The fraction of sp³-hybridized carbons (Fsp3) is 0.176. The third-order valence-electron chi connectivity index (χ3n) is 3.89. The van der Waals surface area contributed by atoms with Gasteiger partial charge in [0.05, 0.1) is 28.9 Å². The number of nitrogens with one attached hydrogen (secondary N) is 2. The van der Waals surface area contributed by atoms with Gasteiger partial charge in [0, 0.05) is 37.3 Å². The van der Waals surface area contributed by atoms with Crippen molar-refractivity contribution >= 4 is 27.5 Å². The molecular weight excluding hydrogens is 355 g/mol. The van der Waals surface area contributed by atoms with E-state index in [2.05, 4.69) is 25.3 Å². The fourth-order valence-electron chi connectivity index (χ4n) is 2.71. The number of hydrogen-bond acceptors (Lipinski definition) is 5. The van der Waals surface area contributed by atoms with Crippen molar-refractivity contribution in [1.82, 2.24) is 29.8 Å². The Balaban J connectivity index is 1.53. The molecule has 4 rings (SSSR count). The predicted molar refractivity (Wildman–Crippen MR) is 95.4 cm³/mol. The molecule has 3 heterocycles. The number of fused-ring (bicyclic) bond motifs is 1. The van der Waals surface area contributed by atoms with Crippen LogP contribution in [0.4, 0.5) is 4.39 Å². The minimum Gasteiger partial charge on any atom is -0.348 e. The van der Waals surface area contributed by atoms with Crippen LogP contribution >= 0.6 is 11.3 Å². The molecule has 132 valence electrons. The van der Waals surface area contributed by atoms with Gasteiger partial charge in [0.15, 0.2) is 5.01 Å². The van der Waals surface area contributed by atoms with Gasteiger partial charge in [-0.25, -0.2) is 19.3 Å². The summed E-state index contributed by atoms with van der Waals surface area (Å²) < 4.78 is 15.9. The Labute approximate surface area is 151 Å². The van der Waals surface area contributed by atoms with Crippen molar-refractivity contribution in [1.29, 1.82) is 0 Å². The van der Waals surface area contributed by atoms with Crippen LogP contribution in [0.2, 0.25) is 0 Å². The van der Waals surface area contributed by atoms with Crippen LogP contribution in [0, 0.1) is 5.82 Å². The highest BCUT2D eigenvalue weighted by Crippen LogP contribution is 2.23. The number of aromatic amines is 1. The molecule has 4 aromatic rings. The Morgan fingerprint density at radius 1 is 1.38 bits per heavy atom. The predicted octanol–water partition coefficient (Wildman–Crippen LogP) is 2.40. The van der Waals surface area contributed by atoms with Gasteiger partial charge in [-0.3, -0.25) is 4.79 Å². The molecular formula is C17H15FN6OS. The molecule has 1 aromatic carbocycles. The van der Waals surface area contributed by atoms with E-state index < -0.39 is 0 Å². The van der Waals surface area contributed by atoms with E-state index in [9.17, 15) is 9.18 Å². The molecule has 0 aliphatic carbocycles. The Morgan fingerprint density at radius 3 is 3.08 bits per heavy atom. The quantitative estimate of drug-likeness (QED) is 0.545. The van der Waals surface area contributed by atoms with Gasteiger partial charge in [0.25, 0.3) is 5.91 Å². The van der Waals surface area contributed by atoms with Crippen LogP contribution < -0.4 is 5.32 Å². The number of imidazole rings is 2. The molecule has 26 heavy (non-hydrogen) atoms. The van der Waals surface area contributed by atoms with Crippen LogP contribution in [-0.4, -0.2) is 36.5 Å². The highest BCUT2D eigenvalue weighted by Gasteiger charge is 2.19. The number of H-pyrrole nitrogens is 1. The first-order chi connectivity index (χ1) is 12.7. The summed E-state index contributed by atoms with van der Waals surface area (Å²) in [4.78, 5) is 28.1. The van der Waals surface area contributed by atoms with Gasteiger partial charge in [-0.2, -0.15) is 0 Å². The van der Waals surface area contributed by atoms with Gasteiger partial charge in [-0.05, 0) is 18.2 Å². The number of thiazole rings is 1. The largest absolute Gasteiger partial charge is 0.348 e. The minimum absolute atomic E-state index is 0.180. The van der Waals surface area contributed by atoms with Crippen molar-refractivity contribution in [3.05, 3.63) is 66.0 Å². The lowest BCUT2D eigenvalue weighted by molar-refractivity contribution is 0.0932. The summed E-state index contributed by atoms with van der Waals surface area (Å²) in [7, 11) is 0. The number of carbonyl (C=O) groups is 1. The molecule has 0 saturated heterocycles. The molecule has 0 spiro atoms. The first kappa shape index (κ1) is 16.4. The zero-order chi connectivity index (χ0) is 17.9. The van der Waals surface area contributed by atoms with Gasteiger partial charge in [0.1, 0.15) is 5.82 Å². The van der Waals surface area contributed by atoms with Gasteiger partial charge >= 0.3 is 0 Å². The van der Waals surface area contributed by atoms with E-state index in [4.69, 9.17) is 0 Å². The van der Waals surface area contributed by atoms with E-state index in [0.29, 0.717) is 28.2 Å². The highest BCUT2D eigenvalue weighted by atomic mass is 32.1. The van der Waals surface area contributed by atoms with Crippen molar-refractivity contribution < 1.29 is 9.18 Å². The van der Waals surface area contributed by atoms with Crippen molar-refractivity contribution in [2.45, 2.75) is 19.0 Å². The standard InChI is InChI=1S/C17H15FN6OS/c18-11-1-2-14-15(5-11)26-17(23-14)16(25)22-13(6-12-7-20-9-21-12)8-24-4-3-19-10-24/h1-5,7,9-10,13H,6,8H2,(H,20,21)(H,22,25). The van der Waals surface area contributed by atoms with E-state index in [1.54, 1.807) is 31.1 Å². The normalized spacial score (nSPS) is 12.3. The Hall–Kier alpha value is -3.07. The average molecular weight is 370 g/mol. The third-order valence-corrected chi connectivity index (χ3v) is 4.91. The second-order valence-electron chi connectivity index (χ2n) is 5.84. The van der Waals surface area contributed by atoms with Crippen molar-refractivity contribution in [3.63, 3.8) is 0 Å². The molecule has 0 bridgehead atoms. The zero-order valence-electron chi connectivity index (χ0n) is 13.6. The summed E-state index contributed by atoms with van der Waals surface area (Å²) in [6.45, 7) is 0.560. The molecule has 0 aliphatic rings. The van der Waals surface area contributed by atoms with Crippen molar-refractivity contribution in [3.8, 4) is 0 Å². The molecule has 1 unspecified atom stereocenters. The van der Waals surface area contributed by atoms with E-state index in [1.165, 1.54) is 23.5 Å². The van der Waals surface area contributed by atoms with Crippen LogP contribution in [0.5, 0.6) is 0 Å². The first-order valence-electron chi connectivity index (χ1n) is 7.97. The number of halogens is 1. The van der Waals surface area contributed by atoms with Crippen LogP contribution in [0.3, 0.4) is 0 Å². The van der Waals surface area contributed by atoms with Crippen LogP contribution in [0.25, 0.3) is 10.2 Å². The van der Waals surface area contributed by atoms with Gasteiger partial charge < -0.3 is 14.9 Å². The van der Waals surface area contributed by atoms with Crippen LogP contribution in [0.1, 0.15) is 15.5 Å². The molecule has 2 N–H and O–H groups in total. The average Bonchev–Trinajstić information content (AvgIpc) is 3.35. The topological polar surface area (TPSA) is 88.5 Å². The van der Waals surface area contributed by atoms with E-state index in [0.717, 1.165) is 5.69 Å². The summed E-state index contributed by atoms with van der Waals surface area (Å²) in [5.74, 6) is -0.624. The molecule has 3 aromatic heterocycles. The molecule has 1 amide bonds. The van der Waals surface area contributed by atoms with Gasteiger partial charge in [0.2, 0.25) is 0 Å². The molecule has 9 heteroatoms.